The molecule has 1 atom stereocenters. The van der Waals surface area contributed by atoms with Gasteiger partial charge in [-0.15, -0.1) is 0 Å². The number of carbonyl (C=O) groups is 1. The van der Waals surface area contributed by atoms with E-state index in [0.717, 1.165) is 44.8 Å². The van der Waals surface area contributed by atoms with Gasteiger partial charge >= 0.3 is 0 Å². The number of nitrogens with one attached hydrogen (secondary N) is 1. The number of nitrogens with zero attached hydrogens (tertiary/aromatic N) is 1. The molecule has 1 heterocycles. The largest absolute Gasteiger partial charge is 0.497 e. The maximum atomic E-state index is 12.3. The van der Waals surface area contributed by atoms with Crippen molar-refractivity contribution in [1.82, 2.24) is 10.2 Å². The Hall–Kier alpha value is -1.55. The Morgan fingerprint density at radius 2 is 2.05 bits per heavy atom. The Morgan fingerprint density at radius 3 is 2.68 bits per heavy atom. The molecule has 2 rings (SSSR count). The van der Waals surface area contributed by atoms with Gasteiger partial charge in [-0.2, -0.15) is 0 Å². The molecule has 1 amide bonds. The van der Waals surface area contributed by atoms with Crippen molar-refractivity contribution in [2.24, 2.45) is 5.92 Å². The van der Waals surface area contributed by atoms with Gasteiger partial charge in [0.15, 0.2) is 0 Å². The van der Waals surface area contributed by atoms with Gasteiger partial charge in [-0.1, -0.05) is 19.9 Å². The van der Waals surface area contributed by atoms with E-state index in [4.69, 9.17) is 4.74 Å². The van der Waals surface area contributed by atoms with E-state index in [2.05, 4.69) is 31.3 Å². The van der Waals surface area contributed by atoms with Crippen LogP contribution in [0.4, 0.5) is 0 Å². The molecule has 122 valence electrons. The van der Waals surface area contributed by atoms with Gasteiger partial charge < -0.3 is 15.0 Å². The molecule has 4 nitrogen and oxygen atoms in total. The smallest absolute Gasteiger partial charge is 0.222 e. The van der Waals surface area contributed by atoms with Crippen molar-refractivity contribution in [1.29, 1.82) is 0 Å². The molecule has 22 heavy (non-hydrogen) atoms. The second kappa shape index (κ2) is 8.18. The zero-order chi connectivity index (χ0) is 15.9. The van der Waals surface area contributed by atoms with Crippen molar-refractivity contribution in [3.63, 3.8) is 0 Å². The Kier molecular flexibility index (Phi) is 6.25. The number of rotatable bonds is 6. The zero-order valence-corrected chi connectivity index (χ0v) is 14.0. The van der Waals surface area contributed by atoms with Gasteiger partial charge in [0, 0.05) is 32.6 Å². The van der Waals surface area contributed by atoms with Crippen LogP contribution in [-0.2, 0) is 17.6 Å². The summed E-state index contributed by atoms with van der Waals surface area (Å²) in [5.41, 5.74) is 2.66. The number of piperazine rings is 1. The highest BCUT2D eigenvalue weighted by atomic mass is 16.5. The molecule has 1 N–H and O–H groups in total. The standard InChI is InChI=1S/C18H28N2O2/c1-4-15-13-17(22-3)6-5-16(15)11-14(2)12-18(21)20-9-7-19-8-10-20/h5-6,13-14,19H,4,7-12H2,1-3H3. The molecule has 1 aliphatic heterocycles. The van der Waals surface area contributed by atoms with Crippen molar-refractivity contribution in [2.75, 3.05) is 33.3 Å². The molecular formula is C18H28N2O2. The minimum Gasteiger partial charge on any atom is -0.497 e. The summed E-state index contributed by atoms with van der Waals surface area (Å²) >= 11 is 0. The maximum absolute atomic E-state index is 12.3. The number of benzene rings is 1. The van der Waals surface area contributed by atoms with Crippen LogP contribution >= 0.6 is 0 Å². The summed E-state index contributed by atoms with van der Waals surface area (Å²) in [5.74, 6) is 1.56. The molecule has 0 spiro atoms. The fourth-order valence-electron chi connectivity index (χ4n) is 3.05. The number of hydrogen-bond donors (Lipinski definition) is 1. The Morgan fingerprint density at radius 1 is 1.32 bits per heavy atom. The molecule has 0 bridgehead atoms. The first kappa shape index (κ1) is 16.8. The monoisotopic (exact) mass is 304 g/mol. The summed E-state index contributed by atoms with van der Waals surface area (Å²) in [5, 5.41) is 3.28. The molecule has 1 saturated heterocycles. The van der Waals surface area contributed by atoms with Crippen LogP contribution in [0.25, 0.3) is 0 Å². The fraction of sp³-hybridized carbons (Fsp3) is 0.611. The van der Waals surface area contributed by atoms with Crippen LogP contribution in [0.1, 0.15) is 31.4 Å². The fourth-order valence-corrected chi connectivity index (χ4v) is 3.05. The number of methoxy groups -OCH3 is 1. The maximum Gasteiger partial charge on any atom is 0.222 e. The van der Waals surface area contributed by atoms with E-state index in [9.17, 15) is 4.79 Å². The molecule has 4 heteroatoms. The third-order valence-corrected chi connectivity index (χ3v) is 4.36. The lowest BCUT2D eigenvalue weighted by molar-refractivity contribution is -0.132. The topological polar surface area (TPSA) is 41.6 Å². The van der Waals surface area contributed by atoms with Crippen molar-refractivity contribution in [3.05, 3.63) is 29.3 Å². The minimum absolute atomic E-state index is 0.292. The molecule has 1 aromatic rings. The quantitative estimate of drug-likeness (QED) is 0.876. The molecule has 0 radical (unpaired) electrons. The van der Waals surface area contributed by atoms with Crippen LogP contribution < -0.4 is 10.1 Å². The van der Waals surface area contributed by atoms with E-state index >= 15 is 0 Å². The average Bonchev–Trinajstić information content (AvgIpc) is 2.55. The first-order valence-electron chi connectivity index (χ1n) is 8.28. The van der Waals surface area contributed by atoms with Crippen LogP contribution in [0, 0.1) is 5.92 Å². The Labute approximate surface area is 133 Å². The molecule has 1 unspecified atom stereocenters. The molecule has 1 fully saturated rings. The van der Waals surface area contributed by atoms with E-state index in [1.807, 2.05) is 11.0 Å². The highest BCUT2D eigenvalue weighted by Crippen LogP contribution is 2.22. The first-order valence-corrected chi connectivity index (χ1v) is 8.28. The SMILES string of the molecule is CCc1cc(OC)ccc1CC(C)CC(=O)N1CCNCC1. The lowest BCUT2D eigenvalue weighted by atomic mass is 9.93. The second-order valence-electron chi connectivity index (χ2n) is 6.13. The van der Waals surface area contributed by atoms with Crippen molar-refractivity contribution < 1.29 is 9.53 Å². The summed E-state index contributed by atoms with van der Waals surface area (Å²) in [6.07, 6.45) is 2.57. The van der Waals surface area contributed by atoms with E-state index < -0.39 is 0 Å². The zero-order valence-electron chi connectivity index (χ0n) is 14.0. The molecule has 0 aromatic heterocycles. The Balaban J connectivity index is 1.93. The highest BCUT2D eigenvalue weighted by Gasteiger charge is 2.19. The predicted molar refractivity (Wildman–Crippen MR) is 89.3 cm³/mol. The van der Waals surface area contributed by atoms with Crippen LogP contribution in [0.5, 0.6) is 5.75 Å². The van der Waals surface area contributed by atoms with E-state index in [0.29, 0.717) is 18.2 Å². The van der Waals surface area contributed by atoms with E-state index in [1.54, 1.807) is 7.11 Å². The van der Waals surface area contributed by atoms with Gasteiger partial charge in [0.25, 0.3) is 0 Å². The summed E-state index contributed by atoms with van der Waals surface area (Å²) in [4.78, 5) is 14.3. The van der Waals surface area contributed by atoms with Crippen LogP contribution in [0.3, 0.4) is 0 Å². The molecule has 0 saturated carbocycles. The second-order valence-corrected chi connectivity index (χ2v) is 6.13. The summed E-state index contributed by atoms with van der Waals surface area (Å²) in [6, 6.07) is 6.27. The van der Waals surface area contributed by atoms with Gasteiger partial charge in [0.2, 0.25) is 5.91 Å². The van der Waals surface area contributed by atoms with Crippen molar-refractivity contribution in [2.45, 2.75) is 33.1 Å². The first-order chi connectivity index (χ1) is 10.6. The lowest BCUT2D eigenvalue weighted by Gasteiger charge is -2.28. The highest BCUT2D eigenvalue weighted by molar-refractivity contribution is 5.76. The molecular weight excluding hydrogens is 276 g/mol. The van der Waals surface area contributed by atoms with Gasteiger partial charge in [-0.25, -0.2) is 0 Å². The summed E-state index contributed by atoms with van der Waals surface area (Å²) in [6.45, 7) is 7.85. The normalized spacial score (nSPS) is 16.4. The van der Waals surface area contributed by atoms with Crippen molar-refractivity contribution >= 4 is 5.91 Å². The Bertz CT molecular complexity index is 496. The minimum atomic E-state index is 0.292. The number of carbonyl (C=O) groups excluding carboxylic acids is 1. The average molecular weight is 304 g/mol. The molecule has 0 aliphatic carbocycles. The summed E-state index contributed by atoms with van der Waals surface area (Å²) in [7, 11) is 1.70. The lowest BCUT2D eigenvalue weighted by Crippen LogP contribution is -2.46. The van der Waals surface area contributed by atoms with Crippen molar-refractivity contribution in [3.8, 4) is 5.75 Å². The molecule has 1 aromatic carbocycles. The third-order valence-electron chi connectivity index (χ3n) is 4.36. The molecule has 1 aliphatic rings. The summed E-state index contributed by atoms with van der Waals surface area (Å²) < 4.78 is 5.29. The van der Waals surface area contributed by atoms with Crippen LogP contribution in [-0.4, -0.2) is 44.1 Å². The number of aryl methyl sites for hydroxylation is 1. The van der Waals surface area contributed by atoms with Crippen LogP contribution in [0.2, 0.25) is 0 Å². The van der Waals surface area contributed by atoms with Gasteiger partial charge in [-0.3, -0.25) is 4.79 Å². The van der Waals surface area contributed by atoms with E-state index in [-0.39, 0.29) is 0 Å². The van der Waals surface area contributed by atoms with E-state index in [1.165, 1.54) is 11.1 Å². The number of hydrogen-bond acceptors (Lipinski definition) is 3. The third kappa shape index (κ3) is 4.47. The van der Waals surface area contributed by atoms with Gasteiger partial charge in [-0.05, 0) is 42.0 Å². The van der Waals surface area contributed by atoms with Gasteiger partial charge in [0.1, 0.15) is 5.75 Å². The van der Waals surface area contributed by atoms with Gasteiger partial charge in [0.05, 0.1) is 7.11 Å². The predicted octanol–water partition coefficient (Wildman–Crippen LogP) is 2.26. The van der Waals surface area contributed by atoms with Crippen LogP contribution in [0.15, 0.2) is 18.2 Å². The number of ether oxygens (including phenoxy) is 1. The number of amides is 1.